The molecule has 29 heavy (non-hydrogen) atoms. The highest BCUT2D eigenvalue weighted by Gasteiger charge is 2.16. The largest absolute Gasteiger partial charge is 0.497 e. The number of hydrogen-bond donors (Lipinski definition) is 0. The van der Waals surface area contributed by atoms with Crippen molar-refractivity contribution in [3.63, 3.8) is 0 Å². The first-order valence-electron chi connectivity index (χ1n) is 8.93. The highest BCUT2D eigenvalue weighted by atomic mass is 32.1. The van der Waals surface area contributed by atoms with Gasteiger partial charge in [-0.3, -0.25) is 0 Å². The van der Waals surface area contributed by atoms with Crippen LogP contribution in [0.25, 0.3) is 11.3 Å². The molecule has 0 bridgehead atoms. The van der Waals surface area contributed by atoms with E-state index in [1.165, 1.54) is 0 Å². The summed E-state index contributed by atoms with van der Waals surface area (Å²) in [7, 11) is 6.45. The Bertz CT molecular complexity index is 1040. The molecule has 0 aliphatic rings. The Morgan fingerprint density at radius 3 is 2.31 bits per heavy atom. The molecule has 0 unspecified atom stereocenters. The Labute approximate surface area is 174 Å². The van der Waals surface area contributed by atoms with Crippen LogP contribution in [-0.4, -0.2) is 33.0 Å². The maximum absolute atomic E-state index is 5.50. The lowest BCUT2D eigenvalue weighted by atomic mass is 10.1. The number of benzene rings is 2. The van der Waals surface area contributed by atoms with E-state index < -0.39 is 0 Å². The first kappa shape index (κ1) is 20.5. The summed E-state index contributed by atoms with van der Waals surface area (Å²) in [6.45, 7) is 4.50. The molecule has 3 aromatic rings. The Hall–Kier alpha value is -3.19. The van der Waals surface area contributed by atoms with Crippen LogP contribution in [0.4, 0.5) is 5.69 Å². The van der Waals surface area contributed by atoms with E-state index in [0.29, 0.717) is 23.8 Å². The zero-order chi connectivity index (χ0) is 20.8. The lowest BCUT2D eigenvalue weighted by molar-refractivity contribution is 0.324. The number of ether oxygens (including phenoxy) is 4. The van der Waals surface area contributed by atoms with Gasteiger partial charge in [-0.15, -0.1) is 17.9 Å². The van der Waals surface area contributed by atoms with E-state index >= 15 is 0 Å². The molecule has 3 rings (SSSR count). The minimum Gasteiger partial charge on any atom is -0.497 e. The quantitative estimate of drug-likeness (QED) is 0.505. The van der Waals surface area contributed by atoms with Crippen LogP contribution in [0.3, 0.4) is 0 Å². The van der Waals surface area contributed by atoms with E-state index in [1.807, 2.05) is 42.5 Å². The van der Waals surface area contributed by atoms with Gasteiger partial charge in [0.15, 0.2) is 16.3 Å². The average molecular weight is 413 g/mol. The molecule has 0 N–H and O–H groups in total. The summed E-state index contributed by atoms with van der Waals surface area (Å²) >= 11 is 1.55. The van der Waals surface area contributed by atoms with Crippen molar-refractivity contribution < 1.29 is 18.9 Å². The first-order valence-corrected chi connectivity index (χ1v) is 9.81. The van der Waals surface area contributed by atoms with Crippen molar-refractivity contribution in [2.75, 3.05) is 28.4 Å². The molecule has 0 saturated heterocycles. The summed E-state index contributed by atoms with van der Waals surface area (Å²) in [6.07, 6.45) is 1.85. The van der Waals surface area contributed by atoms with Crippen molar-refractivity contribution >= 4 is 17.0 Å². The highest BCUT2D eigenvalue weighted by Crippen LogP contribution is 2.41. The van der Waals surface area contributed by atoms with Crippen molar-refractivity contribution in [3.8, 4) is 34.3 Å². The van der Waals surface area contributed by atoms with Gasteiger partial charge >= 0.3 is 0 Å². The molecule has 0 aliphatic heterocycles. The van der Waals surface area contributed by atoms with Crippen LogP contribution >= 0.6 is 11.3 Å². The number of aromatic nitrogens is 1. The van der Waals surface area contributed by atoms with Crippen molar-refractivity contribution in [2.24, 2.45) is 4.99 Å². The molecule has 0 spiro atoms. The van der Waals surface area contributed by atoms with E-state index in [9.17, 15) is 0 Å². The molecule has 0 radical (unpaired) electrons. The minimum absolute atomic E-state index is 0.561. The second kappa shape index (κ2) is 9.34. The topological polar surface area (TPSA) is 54.2 Å². The van der Waals surface area contributed by atoms with Crippen LogP contribution in [-0.2, 0) is 6.54 Å². The summed E-state index contributed by atoms with van der Waals surface area (Å²) < 4.78 is 23.8. The summed E-state index contributed by atoms with van der Waals surface area (Å²) in [5.41, 5.74) is 2.74. The third-order valence-corrected chi connectivity index (χ3v) is 5.21. The standard InChI is InChI=1S/C22H24N2O4S/c1-6-10-24-18(15-11-19(26-3)21(28-5)20(12-15)27-4)14-29-22(24)23-16-8-7-9-17(13-16)25-2/h6-9,11-14H,1,10H2,2-5H3. The van der Waals surface area contributed by atoms with Crippen molar-refractivity contribution in [1.29, 1.82) is 0 Å². The monoisotopic (exact) mass is 412 g/mol. The van der Waals surface area contributed by atoms with Gasteiger partial charge in [-0.25, -0.2) is 4.99 Å². The zero-order valence-electron chi connectivity index (χ0n) is 17.0. The molecule has 2 aromatic carbocycles. The summed E-state index contributed by atoms with van der Waals surface area (Å²) in [5, 5.41) is 2.06. The number of rotatable bonds is 8. The van der Waals surface area contributed by atoms with Gasteiger partial charge in [0.1, 0.15) is 5.75 Å². The maximum atomic E-state index is 5.50. The Balaban J connectivity index is 2.17. The smallest absolute Gasteiger partial charge is 0.203 e. The van der Waals surface area contributed by atoms with Gasteiger partial charge in [0, 0.05) is 23.6 Å². The van der Waals surface area contributed by atoms with Crippen LogP contribution < -0.4 is 23.7 Å². The van der Waals surface area contributed by atoms with Gasteiger partial charge in [0.05, 0.1) is 39.8 Å². The molecule has 152 valence electrons. The number of methoxy groups -OCH3 is 4. The van der Waals surface area contributed by atoms with E-state index in [0.717, 1.165) is 27.5 Å². The number of hydrogen-bond acceptors (Lipinski definition) is 6. The van der Waals surface area contributed by atoms with Gasteiger partial charge in [0.2, 0.25) is 5.75 Å². The predicted molar refractivity (Wildman–Crippen MR) is 116 cm³/mol. The lowest BCUT2D eigenvalue weighted by Gasteiger charge is -2.15. The van der Waals surface area contributed by atoms with Gasteiger partial charge in [-0.1, -0.05) is 12.1 Å². The molecule has 0 fully saturated rings. The van der Waals surface area contributed by atoms with Crippen LogP contribution in [0.15, 0.2) is 59.4 Å². The number of allylic oxidation sites excluding steroid dienone is 1. The van der Waals surface area contributed by atoms with Crippen molar-refractivity contribution in [2.45, 2.75) is 6.54 Å². The summed E-state index contributed by atoms with van der Waals surface area (Å²) in [5.74, 6) is 2.53. The molecule has 1 aromatic heterocycles. The molecular weight excluding hydrogens is 388 g/mol. The fraction of sp³-hybridized carbons (Fsp3) is 0.227. The Kier molecular flexibility index (Phi) is 6.61. The summed E-state index contributed by atoms with van der Waals surface area (Å²) in [6, 6.07) is 11.5. The normalized spacial score (nSPS) is 11.2. The molecule has 0 atom stereocenters. The van der Waals surface area contributed by atoms with Gasteiger partial charge < -0.3 is 23.5 Å². The fourth-order valence-electron chi connectivity index (χ4n) is 2.97. The molecule has 7 heteroatoms. The minimum atomic E-state index is 0.561. The molecular formula is C22H24N2O4S. The van der Waals surface area contributed by atoms with Gasteiger partial charge in [-0.05, 0) is 24.3 Å². The number of thiazole rings is 1. The molecule has 6 nitrogen and oxygen atoms in total. The van der Waals surface area contributed by atoms with Crippen molar-refractivity contribution in [1.82, 2.24) is 4.57 Å². The summed E-state index contributed by atoms with van der Waals surface area (Å²) in [4.78, 5) is 5.65. The fourth-order valence-corrected chi connectivity index (χ4v) is 3.91. The lowest BCUT2D eigenvalue weighted by Crippen LogP contribution is -2.14. The van der Waals surface area contributed by atoms with Crippen LogP contribution in [0.1, 0.15) is 0 Å². The van der Waals surface area contributed by atoms with E-state index in [2.05, 4.69) is 16.5 Å². The van der Waals surface area contributed by atoms with Gasteiger partial charge in [-0.2, -0.15) is 0 Å². The van der Waals surface area contributed by atoms with E-state index in [4.69, 9.17) is 23.9 Å². The molecule has 0 amide bonds. The van der Waals surface area contributed by atoms with Crippen LogP contribution in [0.2, 0.25) is 0 Å². The predicted octanol–water partition coefficient (Wildman–Crippen LogP) is 4.67. The third-order valence-electron chi connectivity index (χ3n) is 4.35. The third kappa shape index (κ3) is 4.30. The van der Waals surface area contributed by atoms with Gasteiger partial charge in [0.25, 0.3) is 0 Å². The SMILES string of the molecule is C=CCn1c(-c2cc(OC)c(OC)c(OC)c2)csc1=Nc1cccc(OC)c1. The zero-order valence-corrected chi connectivity index (χ0v) is 17.8. The first-order chi connectivity index (χ1) is 14.1. The van der Waals surface area contributed by atoms with E-state index in [1.54, 1.807) is 39.8 Å². The number of nitrogens with zero attached hydrogens (tertiary/aromatic N) is 2. The van der Waals surface area contributed by atoms with Crippen LogP contribution in [0, 0.1) is 0 Å². The Morgan fingerprint density at radius 2 is 1.72 bits per heavy atom. The van der Waals surface area contributed by atoms with Crippen molar-refractivity contribution in [3.05, 3.63) is 59.2 Å². The Morgan fingerprint density at radius 1 is 1.00 bits per heavy atom. The second-order valence-corrected chi connectivity index (χ2v) is 6.87. The second-order valence-electron chi connectivity index (χ2n) is 6.03. The average Bonchev–Trinajstić information content (AvgIpc) is 3.15. The molecule has 1 heterocycles. The van der Waals surface area contributed by atoms with E-state index in [-0.39, 0.29) is 0 Å². The van der Waals surface area contributed by atoms with Crippen LogP contribution in [0.5, 0.6) is 23.0 Å². The highest BCUT2D eigenvalue weighted by molar-refractivity contribution is 7.07. The maximum Gasteiger partial charge on any atom is 0.203 e. The molecule has 0 saturated carbocycles. The molecule has 0 aliphatic carbocycles.